The van der Waals surface area contributed by atoms with Gasteiger partial charge < -0.3 is 36.4 Å². The zero-order chi connectivity index (χ0) is 40.7. The summed E-state index contributed by atoms with van der Waals surface area (Å²) in [6.45, 7) is 6.73. The van der Waals surface area contributed by atoms with Crippen LogP contribution in [0.2, 0.25) is 0 Å². The minimum atomic E-state index is -4.38. The summed E-state index contributed by atoms with van der Waals surface area (Å²) in [7, 11) is -8.26. The van der Waals surface area contributed by atoms with Crippen LogP contribution in [0.1, 0.15) is 43.5 Å². The topological polar surface area (TPSA) is 233 Å². The quantitative estimate of drug-likeness (QED) is 0.110. The number of sulfonamides is 1. The molecule has 1 aliphatic heterocycles. The van der Waals surface area contributed by atoms with E-state index in [0.29, 0.717) is 11.3 Å². The molecule has 4 rings (SSSR count). The second-order valence-corrected chi connectivity index (χ2v) is 19.5. The number of rotatable bonds is 19. The van der Waals surface area contributed by atoms with Gasteiger partial charge >= 0.3 is 6.03 Å². The first-order valence-corrected chi connectivity index (χ1v) is 22.1. The smallest absolute Gasteiger partial charge is 0.321 e. The van der Waals surface area contributed by atoms with Crippen LogP contribution in [0.4, 0.5) is 10.5 Å². The Morgan fingerprint density at radius 2 is 1.75 bits per heavy atom. The first kappa shape index (κ1) is 43.6. The van der Waals surface area contributed by atoms with Gasteiger partial charge in [0.05, 0.1) is 45.2 Å². The molecule has 3 aromatic rings. The van der Waals surface area contributed by atoms with Gasteiger partial charge in [-0.3, -0.25) is 9.59 Å². The Hall–Kier alpha value is -4.14. The number of amides is 4. The summed E-state index contributed by atoms with van der Waals surface area (Å²) in [6.07, 6.45) is -0.580. The van der Waals surface area contributed by atoms with E-state index < -0.39 is 67.7 Å². The van der Waals surface area contributed by atoms with E-state index in [9.17, 15) is 41.4 Å². The molecule has 0 aliphatic carbocycles. The number of benzene rings is 2. The SMILES string of the molecule is Cc1nc(CN2CCN([C@@H](C(=O)N[C@@H](Cc3ccccc3)[C@H](O)CN(CC(C)C)S(=O)(=O)c3ccc(O)c(NC(=O)CCN)c3)C(C)S(C)(=O)=O)C2=O)cs1. The average Bonchev–Trinajstić information content (AvgIpc) is 3.68. The maximum atomic E-state index is 14.3. The molecule has 16 nitrogen and oxygen atoms in total. The third-order valence-electron chi connectivity index (χ3n) is 9.17. The summed E-state index contributed by atoms with van der Waals surface area (Å²) in [4.78, 5) is 47.1. The summed E-state index contributed by atoms with van der Waals surface area (Å²) in [6, 6.07) is 9.12. The Kier molecular flexibility index (Phi) is 14.8. The van der Waals surface area contributed by atoms with Crippen molar-refractivity contribution in [1.29, 1.82) is 0 Å². The lowest BCUT2D eigenvalue weighted by molar-refractivity contribution is -0.127. The molecule has 302 valence electrons. The number of urea groups is 1. The summed E-state index contributed by atoms with van der Waals surface area (Å²) < 4.78 is 55.3. The standard InChI is InChI=1S/C36H51N7O9S3/c1-23(2)19-42(55(51,52)28-11-12-31(44)30(18-28)39-33(46)13-14-37)21-32(45)29(17-26-9-7-6-8-10-26)40-35(47)34(24(3)54(5,49)50)43-16-15-41(36(43)48)20-27-22-53-25(4)38-27/h6-12,18,22-24,29,32,34,44-45H,13-17,19-21,37H2,1-5H3,(H,39,46)(H,40,47)/t24?,29-,32+,34+/m0/s1. The molecule has 0 bridgehead atoms. The molecule has 1 saturated heterocycles. The van der Waals surface area contributed by atoms with Gasteiger partial charge in [-0.1, -0.05) is 44.2 Å². The Balaban J connectivity index is 1.66. The van der Waals surface area contributed by atoms with Gasteiger partial charge in [0.2, 0.25) is 21.8 Å². The number of aromatic hydroxyl groups is 1. The zero-order valence-corrected chi connectivity index (χ0v) is 34.0. The summed E-state index contributed by atoms with van der Waals surface area (Å²) in [5.74, 6) is -1.93. The van der Waals surface area contributed by atoms with Gasteiger partial charge in [-0.15, -0.1) is 11.3 Å². The van der Waals surface area contributed by atoms with Crippen LogP contribution in [-0.2, 0) is 42.4 Å². The third-order valence-corrected chi connectivity index (χ3v) is 13.4. The van der Waals surface area contributed by atoms with Crippen LogP contribution in [0, 0.1) is 12.8 Å². The van der Waals surface area contributed by atoms with Gasteiger partial charge in [-0.2, -0.15) is 4.31 Å². The number of sulfone groups is 1. The van der Waals surface area contributed by atoms with Crippen molar-refractivity contribution in [2.45, 2.75) is 75.4 Å². The number of anilines is 1. The van der Waals surface area contributed by atoms with E-state index >= 15 is 0 Å². The number of hydrogen-bond acceptors (Lipinski definition) is 12. The fourth-order valence-corrected chi connectivity index (χ4v) is 9.22. The normalized spacial score (nSPS) is 16.0. The molecule has 0 saturated carbocycles. The van der Waals surface area contributed by atoms with E-state index in [4.69, 9.17) is 5.73 Å². The minimum Gasteiger partial charge on any atom is -0.506 e. The highest BCUT2D eigenvalue weighted by Gasteiger charge is 2.44. The molecule has 55 heavy (non-hydrogen) atoms. The first-order chi connectivity index (χ1) is 25.8. The molecule has 19 heteroatoms. The van der Waals surface area contributed by atoms with Gasteiger partial charge in [-0.05, 0) is 49.9 Å². The predicted molar refractivity (Wildman–Crippen MR) is 210 cm³/mol. The highest BCUT2D eigenvalue weighted by Crippen LogP contribution is 2.29. The summed E-state index contributed by atoms with van der Waals surface area (Å²) >= 11 is 1.43. The summed E-state index contributed by atoms with van der Waals surface area (Å²) in [5, 5.41) is 28.8. The minimum absolute atomic E-state index is 0.0308. The number of aliphatic hydroxyl groups is 1. The molecule has 1 aromatic heterocycles. The van der Waals surface area contributed by atoms with E-state index in [1.807, 2.05) is 12.3 Å². The number of aryl methyl sites for hydroxylation is 1. The van der Waals surface area contributed by atoms with E-state index in [0.717, 1.165) is 27.7 Å². The number of aromatic nitrogens is 1. The molecule has 1 fully saturated rings. The van der Waals surface area contributed by atoms with Gasteiger partial charge in [0, 0.05) is 50.8 Å². The van der Waals surface area contributed by atoms with Crippen molar-refractivity contribution >= 4 is 54.7 Å². The third kappa shape index (κ3) is 11.5. The van der Waals surface area contributed by atoms with Crippen molar-refractivity contribution in [3.63, 3.8) is 0 Å². The van der Waals surface area contributed by atoms with Crippen LogP contribution >= 0.6 is 11.3 Å². The maximum absolute atomic E-state index is 14.3. The van der Waals surface area contributed by atoms with Crippen molar-refractivity contribution < 1.29 is 41.4 Å². The van der Waals surface area contributed by atoms with Crippen molar-refractivity contribution in [2.24, 2.45) is 11.7 Å². The van der Waals surface area contributed by atoms with Crippen LogP contribution < -0.4 is 16.4 Å². The lowest BCUT2D eigenvalue weighted by Crippen LogP contribution is -2.59. The van der Waals surface area contributed by atoms with Crippen molar-refractivity contribution in [3.8, 4) is 5.75 Å². The van der Waals surface area contributed by atoms with Crippen LogP contribution in [-0.4, -0.2) is 126 Å². The molecule has 2 heterocycles. The van der Waals surface area contributed by atoms with Gasteiger partial charge in [-0.25, -0.2) is 26.6 Å². The van der Waals surface area contributed by atoms with Crippen molar-refractivity contribution in [3.05, 3.63) is 70.2 Å². The number of aliphatic hydroxyl groups excluding tert-OH is 1. The van der Waals surface area contributed by atoms with Gasteiger partial charge in [0.25, 0.3) is 0 Å². The van der Waals surface area contributed by atoms with Gasteiger partial charge in [0.15, 0.2) is 9.84 Å². The maximum Gasteiger partial charge on any atom is 0.321 e. The molecule has 1 unspecified atom stereocenters. The van der Waals surface area contributed by atoms with Gasteiger partial charge in [0.1, 0.15) is 11.8 Å². The molecule has 0 radical (unpaired) electrons. The molecule has 2 aromatic carbocycles. The molecular weight excluding hydrogens is 771 g/mol. The van der Waals surface area contributed by atoms with E-state index in [-0.39, 0.29) is 67.8 Å². The number of phenolic OH excluding ortho intramolecular Hbond substituents is 1. The number of nitrogens with one attached hydrogen (secondary N) is 2. The zero-order valence-electron chi connectivity index (χ0n) is 31.6. The van der Waals surface area contributed by atoms with Crippen LogP contribution in [0.15, 0.2) is 58.8 Å². The second-order valence-electron chi connectivity index (χ2n) is 14.1. The molecule has 6 N–H and O–H groups in total. The number of phenols is 1. The number of hydrogen-bond donors (Lipinski definition) is 5. The first-order valence-electron chi connectivity index (χ1n) is 17.8. The molecule has 4 atom stereocenters. The Morgan fingerprint density at radius 1 is 1.05 bits per heavy atom. The predicted octanol–water partition coefficient (Wildman–Crippen LogP) is 1.92. The fraction of sp³-hybridized carbons (Fsp3) is 0.500. The number of nitrogens with two attached hydrogens (primary N) is 1. The molecule has 4 amide bonds. The summed E-state index contributed by atoms with van der Waals surface area (Å²) in [5.41, 5.74) is 6.67. The highest BCUT2D eigenvalue weighted by atomic mass is 32.2. The van der Waals surface area contributed by atoms with E-state index in [1.165, 1.54) is 34.1 Å². The van der Waals surface area contributed by atoms with E-state index in [1.54, 1.807) is 44.2 Å². The second kappa shape index (κ2) is 18.7. The molecular formula is C36H51N7O9S3. The lowest BCUT2D eigenvalue weighted by Gasteiger charge is -2.34. The highest BCUT2D eigenvalue weighted by molar-refractivity contribution is 7.91. The van der Waals surface area contributed by atoms with Crippen LogP contribution in [0.5, 0.6) is 5.75 Å². The molecule has 0 spiro atoms. The fourth-order valence-electron chi connectivity index (χ4n) is 6.23. The number of thiazole rings is 1. The van der Waals surface area contributed by atoms with E-state index in [2.05, 4.69) is 15.6 Å². The van der Waals surface area contributed by atoms with Crippen molar-refractivity contribution in [1.82, 2.24) is 24.4 Å². The Morgan fingerprint density at radius 3 is 2.35 bits per heavy atom. The largest absolute Gasteiger partial charge is 0.506 e. The number of carbonyl (C=O) groups is 3. The molecule has 1 aliphatic rings. The van der Waals surface area contributed by atoms with Crippen LogP contribution in [0.3, 0.4) is 0 Å². The monoisotopic (exact) mass is 821 g/mol. The number of nitrogens with zero attached hydrogens (tertiary/aromatic N) is 4. The Labute approximate surface area is 326 Å². The average molecular weight is 822 g/mol. The Bertz CT molecular complexity index is 2030. The lowest BCUT2D eigenvalue weighted by atomic mass is 10.00. The number of carbonyl (C=O) groups excluding carboxylic acids is 3. The van der Waals surface area contributed by atoms with Crippen LogP contribution in [0.25, 0.3) is 0 Å². The van der Waals surface area contributed by atoms with Crippen molar-refractivity contribution in [2.75, 3.05) is 44.3 Å².